The van der Waals surface area contributed by atoms with E-state index in [9.17, 15) is 8.42 Å². The van der Waals surface area contributed by atoms with Crippen molar-refractivity contribution in [1.29, 1.82) is 0 Å². The number of hydrogen-bond donors (Lipinski definition) is 0. The summed E-state index contributed by atoms with van der Waals surface area (Å²) < 4.78 is 29.5. The molecule has 6 nitrogen and oxygen atoms in total. The Bertz CT molecular complexity index is 1390. The highest BCUT2D eigenvalue weighted by Crippen LogP contribution is 2.26. The number of pyridine rings is 1. The maximum Gasteiger partial charge on any atom is 0.243 e. The van der Waals surface area contributed by atoms with E-state index >= 15 is 0 Å². The lowest BCUT2D eigenvalue weighted by Gasteiger charge is -2.16. The average molecular weight is 477 g/mol. The third-order valence-electron chi connectivity index (χ3n) is 5.69. The SMILES string of the molecule is O=S(=O)(c1ccc(-c2csc(=Nc3ccccc3)n2Cc2cccnc2)cc1)N1CCCC1. The van der Waals surface area contributed by atoms with Crippen LogP contribution in [0.2, 0.25) is 0 Å². The van der Waals surface area contributed by atoms with Crippen molar-refractivity contribution in [2.24, 2.45) is 4.99 Å². The molecule has 0 radical (unpaired) electrons. The highest BCUT2D eigenvalue weighted by Gasteiger charge is 2.27. The number of benzene rings is 2. The van der Waals surface area contributed by atoms with Gasteiger partial charge in [0.25, 0.3) is 0 Å². The van der Waals surface area contributed by atoms with Crippen molar-refractivity contribution in [2.75, 3.05) is 13.1 Å². The van der Waals surface area contributed by atoms with Crippen LogP contribution in [0.3, 0.4) is 0 Å². The number of hydrogen-bond acceptors (Lipinski definition) is 5. The largest absolute Gasteiger partial charge is 0.312 e. The van der Waals surface area contributed by atoms with Crippen molar-refractivity contribution in [3.8, 4) is 11.3 Å². The minimum Gasteiger partial charge on any atom is -0.312 e. The van der Waals surface area contributed by atoms with Crippen LogP contribution in [0.15, 0.2) is 94.4 Å². The molecule has 1 saturated heterocycles. The second kappa shape index (κ2) is 9.43. The van der Waals surface area contributed by atoms with Crippen LogP contribution in [0.4, 0.5) is 5.69 Å². The molecular weight excluding hydrogens is 452 g/mol. The molecule has 0 N–H and O–H groups in total. The Hall–Kier alpha value is -3.07. The zero-order valence-electron chi connectivity index (χ0n) is 18.0. The molecule has 5 rings (SSSR count). The van der Waals surface area contributed by atoms with Crippen LogP contribution < -0.4 is 4.80 Å². The van der Waals surface area contributed by atoms with Gasteiger partial charge < -0.3 is 4.57 Å². The molecule has 0 atom stereocenters. The van der Waals surface area contributed by atoms with Gasteiger partial charge in [0, 0.05) is 30.9 Å². The fraction of sp³-hybridized carbons (Fsp3) is 0.200. The van der Waals surface area contributed by atoms with Crippen molar-refractivity contribution in [3.63, 3.8) is 0 Å². The molecule has 0 amide bonds. The number of thiazole rings is 1. The Morgan fingerprint density at radius 1 is 0.939 bits per heavy atom. The summed E-state index contributed by atoms with van der Waals surface area (Å²) in [5.41, 5.74) is 3.89. The van der Waals surface area contributed by atoms with E-state index in [1.807, 2.05) is 60.8 Å². The minimum atomic E-state index is -3.43. The highest BCUT2D eigenvalue weighted by molar-refractivity contribution is 7.89. The molecule has 0 aliphatic carbocycles. The van der Waals surface area contributed by atoms with E-state index in [1.165, 1.54) is 0 Å². The van der Waals surface area contributed by atoms with Gasteiger partial charge in [0.05, 0.1) is 22.8 Å². The van der Waals surface area contributed by atoms with Gasteiger partial charge in [-0.1, -0.05) is 36.4 Å². The van der Waals surface area contributed by atoms with Crippen molar-refractivity contribution in [3.05, 3.63) is 94.9 Å². The normalized spacial score (nSPS) is 15.2. The summed E-state index contributed by atoms with van der Waals surface area (Å²) in [7, 11) is -3.43. The molecule has 1 aliphatic heterocycles. The molecule has 2 aromatic carbocycles. The molecule has 1 aliphatic rings. The van der Waals surface area contributed by atoms with Crippen molar-refractivity contribution >= 4 is 27.0 Å². The van der Waals surface area contributed by atoms with Gasteiger partial charge in [-0.25, -0.2) is 13.4 Å². The maximum atomic E-state index is 12.9. The molecule has 0 bridgehead atoms. The fourth-order valence-electron chi connectivity index (χ4n) is 3.96. The van der Waals surface area contributed by atoms with Gasteiger partial charge in [0.15, 0.2) is 4.80 Å². The number of para-hydroxylation sites is 1. The van der Waals surface area contributed by atoms with E-state index < -0.39 is 10.0 Å². The van der Waals surface area contributed by atoms with Crippen LogP contribution >= 0.6 is 11.3 Å². The first kappa shape index (κ1) is 21.8. The summed E-state index contributed by atoms with van der Waals surface area (Å²) in [5, 5.41) is 2.07. The third kappa shape index (κ3) is 4.68. The molecule has 2 aromatic heterocycles. The summed E-state index contributed by atoms with van der Waals surface area (Å²) in [4.78, 5) is 10.3. The average Bonchev–Trinajstić information content (AvgIpc) is 3.52. The summed E-state index contributed by atoms with van der Waals surface area (Å²) >= 11 is 1.56. The minimum absolute atomic E-state index is 0.344. The number of rotatable bonds is 6. The van der Waals surface area contributed by atoms with E-state index in [-0.39, 0.29) is 0 Å². The van der Waals surface area contributed by atoms with E-state index in [2.05, 4.69) is 14.9 Å². The summed E-state index contributed by atoms with van der Waals surface area (Å²) in [5.74, 6) is 0. The first-order chi connectivity index (χ1) is 16.1. The molecule has 168 valence electrons. The number of aromatic nitrogens is 2. The van der Waals surface area contributed by atoms with Crippen molar-refractivity contribution in [1.82, 2.24) is 13.9 Å². The van der Waals surface area contributed by atoms with Gasteiger partial charge in [-0.2, -0.15) is 4.31 Å². The second-order valence-corrected chi connectivity index (χ2v) is 10.7. The topological polar surface area (TPSA) is 67.6 Å². The summed E-state index contributed by atoms with van der Waals surface area (Å²) in [6.07, 6.45) is 5.46. The monoisotopic (exact) mass is 476 g/mol. The Balaban J connectivity index is 1.54. The van der Waals surface area contributed by atoms with Crippen LogP contribution in [0.5, 0.6) is 0 Å². The fourth-order valence-corrected chi connectivity index (χ4v) is 6.41. The van der Waals surface area contributed by atoms with Crippen molar-refractivity contribution in [2.45, 2.75) is 24.3 Å². The van der Waals surface area contributed by atoms with Gasteiger partial charge in [-0.3, -0.25) is 4.98 Å². The lowest BCUT2D eigenvalue weighted by atomic mass is 10.1. The Morgan fingerprint density at radius 2 is 1.70 bits per heavy atom. The van der Waals surface area contributed by atoms with Gasteiger partial charge in [-0.05, 0) is 54.3 Å². The standard InChI is InChI=1S/C25H24N4O2S2/c30-33(31,28-15-4-5-16-28)23-12-10-21(11-13-23)24-19-32-25(27-22-8-2-1-3-9-22)29(24)18-20-7-6-14-26-17-20/h1-3,6-14,17,19H,4-5,15-16,18H2. The number of sulfonamides is 1. The molecule has 33 heavy (non-hydrogen) atoms. The van der Waals surface area contributed by atoms with Crippen LogP contribution in [0, 0.1) is 0 Å². The van der Waals surface area contributed by atoms with Crippen LogP contribution in [-0.2, 0) is 16.6 Å². The van der Waals surface area contributed by atoms with Crippen molar-refractivity contribution < 1.29 is 8.42 Å². The quantitative estimate of drug-likeness (QED) is 0.406. The molecule has 1 fully saturated rings. The molecule has 0 saturated carbocycles. The Kier molecular flexibility index (Phi) is 6.22. The Labute approximate surface area is 197 Å². The molecular formula is C25H24N4O2S2. The summed E-state index contributed by atoms with van der Waals surface area (Å²) in [6.45, 7) is 1.82. The van der Waals surface area contributed by atoms with E-state index in [0.717, 1.165) is 40.2 Å². The van der Waals surface area contributed by atoms with Crippen LogP contribution in [-0.4, -0.2) is 35.4 Å². The van der Waals surface area contributed by atoms with Gasteiger partial charge >= 0.3 is 0 Å². The molecule has 0 unspecified atom stereocenters. The summed E-state index contributed by atoms with van der Waals surface area (Å²) in [6, 6.07) is 21.0. The predicted molar refractivity (Wildman–Crippen MR) is 131 cm³/mol. The van der Waals surface area contributed by atoms with E-state index in [0.29, 0.717) is 24.5 Å². The molecule has 4 aromatic rings. The highest BCUT2D eigenvalue weighted by atomic mass is 32.2. The van der Waals surface area contributed by atoms with E-state index in [4.69, 9.17) is 4.99 Å². The first-order valence-electron chi connectivity index (χ1n) is 10.9. The third-order valence-corrected chi connectivity index (χ3v) is 8.47. The lowest BCUT2D eigenvalue weighted by Crippen LogP contribution is -2.27. The van der Waals surface area contributed by atoms with Gasteiger partial charge in [-0.15, -0.1) is 11.3 Å². The second-order valence-electron chi connectivity index (χ2n) is 7.93. The first-order valence-corrected chi connectivity index (χ1v) is 13.2. The van der Waals surface area contributed by atoms with E-state index in [1.54, 1.807) is 34.0 Å². The van der Waals surface area contributed by atoms with Crippen LogP contribution in [0.25, 0.3) is 11.3 Å². The zero-order chi connectivity index (χ0) is 22.7. The van der Waals surface area contributed by atoms with Gasteiger partial charge in [0.2, 0.25) is 10.0 Å². The number of nitrogens with zero attached hydrogens (tertiary/aromatic N) is 4. The van der Waals surface area contributed by atoms with Crippen LogP contribution in [0.1, 0.15) is 18.4 Å². The molecule has 0 spiro atoms. The maximum absolute atomic E-state index is 12.9. The smallest absolute Gasteiger partial charge is 0.243 e. The predicted octanol–water partition coefficient (Wildman–Crippen LogP) is 4.68. The van der Waals surface area contributed by atoms with Gasteiger partial charge in [0.1, 0.15) is 0 Å². The lowest BCUT2D eigenvalue weighted by molar-refractivity contribution is 0.477. The Morgan fingerprint density at radius 3 is 2.39 bits per heavy atom. The zero-order valence-corrected chi connectivity index (χ0v) is 19.7. The molecule has 3 heterocycles. The molecule has 8 heteroatoms.